The zero-order valence-corrected chi connectivity index (χ0v) is 19.2. The maximum atomic E-state index is 13.1. The summed E-state index contributed by atoms with van der Waals surface area (Å²) in [5, 5.41) is 0. The molecule has 3 aromatic rings. The molecule has 1 atom stereocenters. The average molecular weight is 471 g/mol. The predicted octanol–water partition coefficient (Wildman–Crippen LogP) is 4.93. The van der Waals surface area contributed by atoms with Crippen LogP contribution in [-0.4, -0.2) is 36.1 Å². The molecule has 1 fully saturated rings. The molecule has 0 aromatic heterocycles. The summed E-state index contributed by atoms with van der Waals surface area (Å²) >= 11 is 0. The Kier molecular flexibility index (Phi) is 7.70. The van der Waals surface area contributed by atoms with E-state index in [-0.39, 0.29) is 6.61 Å². The molecule has 1 amide bonds. The molecule has 0 aliphatic carbocycles. The van der Waals surface area contributed by atoms with Crippen molar-refractivity contribution >= 4 is 18.1 Å². The van der Waals surface area contributed by atoms with Crippen molar-refractivity contribution in [3.8, 4) is 0 Å². The van der Waals surface area contributed by atoms with E-state index in [1.807, 2.05) is 66.7 Å². The molecule has 0 radical (unpaired) electrons. The summed E-state index contributed by atoms with van der Waals surface area (Å²) in [5.41, 5.74) is 1.54. The topological polar surface area (TPSA) is 85.3 Å². The van der Waals surface area contributed by atoms with Gasteiger partial charge in [0, 0.05) is 18.7 Å². The van der Waals surface area contributed by atoms with Crippen LogP contribution in [-0.2, 0) is 31.2 Å². The highest BCUT2D eigenvalue weighted by Gasteiger charge is 2.39. The van der Waals surface area contributed by atoms with Crippen molar-refractivity contribution in [3.05, 3.63) is 108 Å². The van der Waals surface area contributed by atoms with E-state index in [1.165, 1.54) is 4.90 Å². The molecule has 178 valence electrons. The Morgan fingerprint density at radius 1 is 0.886 bits per heavy atom. The summed E-state index contributed by atoms with van der Waals surface area (Å²) in [5.74, 6) is -0.644. The molecule has 1 aliphatic rings. The quantitative estimate of drug-likeness (QED) is 0.278. The molecule has 0 bridgehead atoms. The van der Waals surface area contributed by atoms with E-state index in [9.17, 15) is 14.4 Å². The largest absolute Gasteiger partial charge is 0.458 e. The van der Waals surface area contributed by atoms with Crippen LogP contribution in [0.3, 0.4) is 0 Å². The fourth-order valence-corrected chi connectivity index (χ4v) is 4.22. The third-order valence-electron chi connectivity index (χ3n) is 6.18. The van der Waals surface area contributed by atoms with Gasteiger partial charge in [-0.15, -0.1) is 0 Å². The van der Waals surface area contributed by atoms with Crippen LogP contribution < -0.4 is 0 Å². The smallest absolute Gasteiger partial charge is 0.410 e. The lowest BCUT2D eigenvalue weighted by Crippen LogP contribution is -2.45. The number of benzene rings is 3. The van der Waals surface area contributed by atoms with Gasteiger partial charge in [0.2, 0.25) is 12.2 Å². The van der Waals surface area contributed by atoms with Crippen LogP contribution >= 0.6 is 0 Å². The first-order valence-corrected chi connectivity index (χ1v) is 11.5. The molecule has 4 rings (SSSR count). The van der Waals surface area contributed by atoms with Gasteiger partial charge in [0.1, 0.15) is 12.1 Å². The fourth-order valence-electron chi connectivity index (χ4n) is 4.22. The molecular formula is C28H26N2O5. The number of carbonyl (C=O) groups is 2. The Morgan fingerprint density at radius 2 is 1.46 bits per heavy atom. The normalized spacial score (nSPS) is 15.4. The Bertz CT molecular complexity index is 1170. The number of likely N-dealkylation sites (tertiary alicyclic amines) is 1. The van der Waals surface area contributed by atoms with Crippen LogP contribution in [0.5, 0.6) is 0 Å². The zero-order chi connectivity index (χ0) is 24.5. The first-order valence-electron chi connectivity index (χ1n) is 11.5. The SMILES string of the molecule is O=C=NC1(c2ccccc2)CCN(C(=O)OC(C(=O)OCc2ccccc2)c2ccccc2)CC1. The van der Waals surface area contributed by atoms with Crippen molar-refractivity contribution < 1.29 is 23.9 Å². The molecule has 3 aromatic carbocycles. The number of ether oxygens (including phenoxy) is 2. The number of esters is 1. The van der Waals surface area contributed by atoms with Crippen LogP contribution in [0.4, 0.5) is 4.79 Å². The third kappa shape index (κ3) is 5.83. The Labute approximate surface area is 204 Å². The number of rotatable bonds is 7. The third-order valence-corrected chi connectivity index (χ3v) is 6.18. The molecule has 7 nitrogen and oxygen atoms in total. The number of amides is 1. The highest BCUT2D eigenvalue weighted by Crippen LogP contribution is 2.37. The van der Waals surface area contributed by atoms with Crippen molar-refractivity contribution in [2.45, 2.75) is 31.1 Å². The lowest BCUT2D eigenvalue weighted by atomic mass is 9.81. The molecule has 1 unspecified atom stereocenters. The number of carbonyl (C=O) groups excluding carboxylic acids is 3. The minimum Gasteiger partial charge on any atom is -0.458 e. The van der Waals surface area contributed by atoms with E-state index >= 15 is 0 Å². The number of hydrogen-bond donors (Lipinski definition) is 0. The van der Waals surface area contributed by atoms with Gasteiger partial charge in [-0.25, -0.2) is 14.4 Å². The molecule has 1 saturated heterocycles. The van der Waals surface area contributed by atoms with Gasteiger partial charge in [0.15, 0.2) is 0 Å². The molecule has 0 saturated carbocycles. The van der Waals surface area contributed by atoms with E-state index in [0.717, 1.165) is 11.1 Å². The van der Waals surface area contributed by atoms with Gasteiger partial charge in [0.25, 0.3) is 0 Å². The molecular weight excluding hydrogens is 444 g/mol. The van der Waals surface area contributed by atoms with Crippen LogP contribution in [0.1, 0.15) is 35.6 Å². The van der Waals surface area contributed by atoms with E-state index in [0.29, 0.717) is 31.5 Å². The minimum absolute atomic E-state index is 0.0770. The van der Waals surface area contributed by atoms with Crippen LogP contribution in [0.15, 0.2) is 96.0 Å². The number of hydrogen-bond acceptors (Lipinski definition) is 6. The van der Waals surface area contributed by atoms with E-state index < -0.39 is 23.7 Å². The molecule has 35 heavy (non-hydrogen) atoms. The van der Waals surface area contributed by atoms with Gasteiger partial charge in [-0.1, -0.05) is 91.0 Å². The first-order chi connectivity index (χ1) is 17.1. The van der Waals surface area contributed by atoms with Gasteiger partial charge in [-0.3, -0.25) is 0 Å². The Balaban J connectivity index is 1.44. The molecule has 0 spiro atoms. The van der Waals surface area contributed by atoms with Crippen molar-refractivity contribution in [1.82, 2.24) is 4.90 Å². The lowest BCUT2D eigenvalue weighted by Gasteiger charge is -2.38. The van der Waals surface area contributed by atoms with Crippen molar-refractivity contribution in [2.24, 2.45) is 4.99 Å². The number of nitrogens with zero attached hydrogens (tertiary/aromatic N) is 2. The highest BCUT2D eigenvalue weighted by atomic mass is 16.6. The summed E-state index contributed by atoms with van der Waals surface area (Å²) in [6, 6.07) is 27.6. The lowest BCUT2D eigenvalue weighted by molar-refractivity contribution is -0.156. The van der Waals surface area contributed by atoms with Gasteiger partial charge < -0.3 is 14.4 Å². The maximum Gasteiger partial charge on any atom is 0.410 e. The summed E-state index contributed by atoms with van der Waals surface area (Å²) in [6.45, 7) is 0.715. The Hall–Kier alpha value is -4.22. The second-order valence-electron chi connectivity index (χ2n) is 8.36. The van der Waals surface area contributed by atoms with Gasteiger partial charge in [-0.2, -0.15) is 4.99 Å². The van der Waals surface area contributed by atoms with E-state index in [2.05, 4.69) is 4.99 Å². The average Bonchev–Trinajstić information content (AvgIpc) is 2.92. The minimum atomic E-state index is -1.19. The van der Waals surface area contributed by atoms with Crippen LogP contribution in [0.25, 0.3) is 0 Å². The zero-order valence-electron chi connectivity index (χ0n) is 19.2. The highest BCUT2D eigenvalue weighted by molar-refractivity contribution is 5.80. The molecule has 1 heterocycles. The molecule has 0 N–H and O–H groups in total. The maximum absolute atomic E-state index is 13.1. The van der Waals surface area contributed by atoms with Crippen molar-refractivity contribution in [3.63, 3.8) is 0 Å². The monoisotopic (exact) mass is 470 g/mol. The summed E-state index contributed by atoms with van der Waals surface area (Å²) in [7, 11) is 0. The van der Waals surface area contributed by atoms with E-state index in [4.69, 9.17) is 9.47 Å². The summed E-state index contributed by atoms with van der Waals surface area (Å²) < 4.78 is 11.1. The van der Waals surface area contributed by atoms with Crippen LogP contribution in [0.2, 0.25) is 0 Å². The number of isocyanates is 1. The molecule has 7 heteroatoms. The Morgan fingerprint density at radius 3 is 2.06 bits per heavy atom. The van der Waals surface area contributed by atoms with Crippen LogP contribution in [0, 0.1) is 0 Å². The summed E-state index contributed by atoms with van der Waals surface area (Å²) in [4.78, 5) is 42.8. The predicted molar refractivity (Wildman–Crippen MR) is 129 cm³/mol. The second-order valence-corrected chi connectivity index (χ2v) is 8.36. The van der Waals surface area contributed by atoms with Gasteiger partial charge >= 0.3 is 12.1 Å². The number of aliphatic imine (C=N–C) groups is 1. The van der Waals surface area contributed by atoms with Gasteiger partial charge in [-0.05, 0) is 24.0 Å². The van der Waals surface area contributed by atoms with Gasteiger partial charge in [0.05, 0.1) is 0 Å². The first kappa shape index (κ1) is 23.9. The molecule has 1 aliphatic heterocycles. The number of piperidine rings is 1. The van der Waals surface area contributed by atoms with Crippen molar-refractivity contribution in [1.29, 1.82) is 0 Å². The van der Waals surface area contributed by atoms with Crippen molar-refractivity contribution in [2.75, 3.05) is 13.1 Å². The van der Waals surface area contributed by atoms with E-state index in [1.54, 1.807) is 30.3 Å². The standard InChI is InChI=1S/C28H26N2O5/c31-21-29-28(24-14-8-3-9-15-24)16-18-30(19-17-28)27(33)35-25(23-12-6-2-7-13-23)26(32)34-20-22-10-4-1-5-11-22/h1-15,25H,16-20H2. The fraction of sp³-hybridized carbons (Fsp3) is 0.250. The second kappa shape index (κ2) is 11.3. The summed E-state index contributed by atoms with van der Waals surface area (Å²) in [6.07, 6.45) is 0.765.